The van der Waals surface area contributed by atoms with Crippen LogP contribution in [0, 0.1) is 6.92 Å². The summed E-state index contributed by atoms with van der Waals surface area (Å²) >= 11 is 7.97. The van der Waals surface area contributed by atoms with Gasteiger partial charge in [-0.05, 0) is 30.7 Å². The number of aryl methyl sites for hydroxylation is 1. The van der Waals surface area contributed by atoms with E-state index in [0.717, 1.165) is 25.2 Å². The second kappa shape index (κ2) is 7.15. The van der Waals surface area contributed by atoms with Gasteiger partial charge in [-0.25, -0.2) is 8.42 Å². The Hall–Kier alpha value is -1.82. The first-order chi connectivity index (χ1) is 13.6. The molecule has 0 amide bonds. The number of hydrogen-bond acceptors (Lipinski definition) is 8. The second-order valence-corrected chi connectivity index (χ2v) is 10.7. The molecule has 11 heteroatoms. The van der Waals surface area contributed by atoms with E-state index in [1.54, 1.807) is 13.8 Å². The highest BCUT2D eigenvalue weighted by Crippen LogP contribution is 2.43. The Labute approximate surface area is 177 Å². The summed E-state index contributed by atoms with van der Waals surface area (Å²) in [5.74, 6) is 0.796. The molecule has 154 valence electrons. The number of nitrogens with zero attached hydrogens (tertiary/aromatic N) is 3. The molecular weight excluding hydrogens is 434 g/mol. The molecule has 1 aliphatic rings. The summed E-state index contributed by atoms with van der Waals surface area (Å²) in [6.07, 6.45) is -0.829. The van der Waals surface area contributed by atoms with Crippen LogP contribution in [0.1, 0.15) is 17.7 Å². The van der Waals surface area contributed by atoms with Gasteiger partial charge in [0.2, 0.25) is 21.8 Å². The fraction of sp³-hybridized carbons (Fsp3) is 0.333. The Kier molecular flexibility index (Phi) is 5.04. The quantitative estimate of drug-likeness (QED) is 0.626. The average molecular weight is 454 g/mol. The molecule has 29 heavy (non-hydrogen) atoms. The highest BCUT2D eigenvalue weighted by atomic mass is 35.5. The maximum atomic E-state index is 12.5. The largest absolute Gasteiger partial charge is 0.421 e. The monoisotopic (exact) mass is 453 g/mol. The molecule has 2 atom stereocenters. The third-order valence-corrected chi connectivity index (χ3v) is 8.78. The van der Waals surface area contributed by atoms with Crippen LogP contribution in [0.3, 0.4) is 0 Å². The number of rotatable bonds is 3. The summed E-state index contributed by atoms with van der Waals surface area (Å²) in [5.41, 5.74) is 6.81. The van der Waals surface area contributed by atoms with Gasteiger partial charge in [-0.3, -0.25) is 5.32 Å². The third-order valence-electron chi connectivity index (χ3n) is 4.88. The molecule has 0 bridgehead atoms. The average Bonchev–Trinajstić information content (AvgIpc) is 3.26. The van der Waals surface area contributed by atoms with Crippen LogP contribution in [0.2, 0.25) is 5.02 Å². The van der Waals surface area contributed by atoms with Gasteiger partial charge in [-0.15, -0.1) is 21.5 Å². The highest BCUT2D eigenvalue weighted by molar-refractivity contribution is 7.89. The van der Waals surface area contributed by atoms with Gasteiger partial charge in [0.25, 0.3) is 0 Å². The highest BCUT2D eigenvalue weighted by Gasteiger charge is 2.45. The lowest BCUT2D eigenvalue weighted by atomic mass is 10.0. The van der Waals surface area contributed by atoms with E-state index in [1.165, 1.54) is 18.4 Å². The third kappa shape index (κ3) is 3.72. The molecule has 3 heterocycles. The number of sulfonamides is 1. The van der Waals surface area contributed by atoms with Crippen LogP contribution in [0.25, 0.3) is 21.9 Å². The molecule has 0 spiro atoms. The van der Waals surface area contributed by atoms with Crippen LogP contribution in [-0.2, 0) is 15.6 Å². The Bertz CT molecular complexity index is 1180. The van der Waals surface area contributed by atoms with Gasteiger partial charge >= 0.3 is 0 Å². The molecule has 1 aliphatic heterocycles. The van der Waals surface area contributed by atoms with Gasteiger partial charge in [0.1, 0.15) is 6.29 Å². The van der Waals surface area contributed by atoms with E-state index in [0.29, 0.717) is 16.8 Å². The molecule has 8 nitrogen and oxygen atoms in total. The molecule has 3 N–H and O–H groups in total. The van der Waals surface area contributed by atoms with Gasteiger partial charge in [-0.1, -0.05) is 23.7 Å². The summed E-state index contributed by atoms with van der Waals surface area (Å²) in [6, 6.07) is 9.51. The smallest absolute Gasteiger partial charge is 0.247 e. The van der Waals surface area contributed by atoms with E-state index in [1.807, 2.05) is 30.3 Å². The van der Waals surface area contributed by atoms with Crippen LogP contribution < -0.4 is 11.1 Å². The molecule has 1 aromatic carbocycles. The van der Waals surface area contributed by atoms with Crippen LogP contribution in [-0.4, -0.2) is 42.0 Å². The van der Waals surface area contributed by atoms with Crippen LogP contribution >= 0.6 is 22.9 Å². The van der Waals surface area contributed by atoms with Gasteiger partial charge in [0, 0.05) is 29.3 Å². The van der Waals surface area contributed by atoms with Crippen molar-refractivity contribution in [3.8, 4) is 21.9 Å². The first-order valence-electron chi connectivity index (χ1n) is 8.79. The lowest BCUT2D eigenvalue weighted by Crippen LogP contribution is -2.66. The SMILES string of the molecule is Cc1nnc(-c2cccc(-c3cc(Cl)c([C@]4(C)CS(=O)(=O)N(C)C(N)N4)s3)c2)o1. The minimum atomic E-state index is -3.51. The molecule has 4 rings (SSSR count). The lowest BCUT2D eigenvalue weighted by molar-refractivity contribution is 0.219. The summed E-state index contributed by atoms with van der Waals surface area (Å²) in [4.78, 5) is 1.62. The molecule has 1 fully saturated rings. The topological polar surface area (TPSA) is 114 Å². The zero-order valence-corrected chi connectivity index (χ0v) is 18.4. The molecule has 0 radical (unpaired) electrons. The van der Waals surface area contributed by atoms with Gasteiger partial charge in [-0.2, -0.15) is 4.31 Å². The number of nitrogens with two attached hydrogens (primary N) is 1. The van der Waals surface area contributed by atoms with Crippen molar-refractivity contribution >= 4 is 33.0 Å². The van der Waals surface area contributed by atoms with E-state index < -0.39 is 21.9 Å². The van der Waals surface area contributed by atoms with E-state index >= 15 is 0 Å². The zero-order valence-electron chi connectivity index (χ0n) is 16.0. The standard InChI is InChI=1S/C18H20ClN5O3S2/c1-10-22-23-16(27-10)12-6-4-5-11(7-12)14-8-13(19)15(28-14)18(2)9-29(25,26)24(3)17(20)21-18/h4-8,17,21H,9,20H2,1-3H3/t17?,18-/m0/s1. The number of hydrogen-bond donors (Lipinski definition) is 2. The van der Waals surface area contributed by atoms with Crippen molar-refractivity contribution in [3.63, 3.8) is 0 Å². The molecular formula is C18H20ClN5O3S2. The normalized spacial score (nSPS) is 24.7. The predicted octanol–water partition coefficient (Wildman–Crippen LogP) is 2.75. The van der Waals surface area contributed by atoms with Crippen LogP contribution in [0.4, 0.5) is 0 Å². The summed E-state index contributed by atoms with van der Waals surface area (Å²) in [6.45, 7) is 3.54. The fourth-order valence-electron chi connectivity index (χ4n) is 3.34. The van der Waals surface area contributed by atoms with E-state index in [2.05, 4.69) is 15.5 Å². The summed E-state index contributed by atoms with van der Waals surface area (Å²) < 4.78 is 31.7. The predicted molar refractivity (Wildman–Crippen MR) is 113 cm³/mol. The number of aromatic nitrogens is 2. The minimum absolute atomic E-state index is 0.134. The van der Waals surface area contributed by atoms with Crippen LogP contribution in [0.15, 0.2) is 34.7 Å². The minimum Gasteiger partial charge on any atom is -0.421 e. The fourth-order valence-corrected chi connectivity index (χ4v) is 6.64. The molecule has 1 unspecified atom stereocenters. The first-order valence-corrected chi connectivity index (χ1v) is 11.6. The van der Waals surface area contributed by atoms with Gasteiger partial charge < -0.3 is 10.2 Å². The van der Waals surface area contributed by atoms with E-state index in [4.69, 9.17) is 21.8 Å². The summed E-state index contributed by atoms with van der Waals surface area (Å²) in [7, 11) is -2.06. The number of benzene rings is 1. The molecule has 0 aliphatic carbocycles. The van der Waals surface area contributed by atoms with Crippen molar-refractivity contribution in [2.75, 3.05) is 12.8 Å². The Balaban J connectivity index is 1.72. The van der Waals surface area contributed by atoms with Gasteiger partial charge in [0.05, 0.1) is 16.3 Å². The van der Waals surface area contributed by atoms with Crippen molar-refractivity contribution in [3.05, 3.63) is 46.1 Å². The van der Waals surface area contributed by atoms with Crippen molar-refractivity contribution in [1.29, 1.82) is 0 Å². The van der Waals surface area contributed by atoms with Crippen molar-refractivity contribution in [2.45, 2.75) is 25.7 Å². The first kappa shape index (κ1) is 20.5. The molecule has 3 aromatic rings. The Morgan fingerprint density at radius 3 is 2.72 bits per heavy atom. The molecule has 0 saturated carbocycles. The maximum Gasteiger partial charge on any atom is 0.247 e. The van der Waals surface area contributed by atoms with E-state index in [-0.39, 0.29) is 5.75 Å². The van der Waals surface area contributed by atoms with Crippen molar-refractivity contribution in [2.24, 2.45) is 5.73 Å². The van der Waals surface area contributed by atoms with Crippen LogP contribution in [0.5, 0.6) is 0 Å². The van der Waals surface area contributed by atoms with Gasteiger partial charge in [0.15, 0.2) is 0 Å². The Morgan fingerprint density at radius 1 is 1.34 bits per heavy atom. The van der Waals surface area contributed by atoms with Crippen molar-refractivity contribution in [1.82, 2.24) is 19.8 Å². The van der Waals surface area contributed by atoms with Crippen molar-refractivity contribution < 1.29 is 12.8 Å². The molecule has 1 saturated heterocycles. The lowest BCUT2D eigenvalue weighted by Gasteiger charge is -2.42. The number of halogens is 1. The maximum absolute atomic E-state index is 12.5. The Morgan fingerprint density at radius 2 is 2.07 bits per heavy atom. The second-order valence-electron chi connectivity index (χ2n) is 7.19. The number of thiophene rings is 1. The molecule has 2 aromatic heterocycles. The summed E-state index contributed by atoms with van der Waals surface area (Å²) in [5, 5.41) is 11.6. The zero-order chi connectivity index (χ0) is 21.0. The van der Waals surface area contributed by atoms with E-state index in [9.17, 15) is 8.42 Å². The number of nitrogens with one attached hydrogen (secondary N) is 1.